The lowest BCUT2D eigenvalue weighted by atomic mass is 9.92. The number of alkyl halides is 2. The van der Waals surface area contributed by atoms with Crippen molar-refractivity contribution >= 4 is 32.0 Å². The molecule has 1 aromatic rings. The van der Waals surface area contributed by atoms with Crippen molar-refractivity contribution in [3.05, 3.63) is 41.6 Å². The maximum Gasteiger partial charge on any atom is 0.253 e. The number of allylic oxidation sites excluding steroid dienone is 2. The van der Waals surface area contributed by atoms with Crippen molar-refractivity contribution in [2.45, 2.75) is 57.2 Å². The number of anilines is 1. The molecule has 1 atom stereocenters. The van der Waals surface area contributed by atoms with E-state index >= 15 is 0 Å². The fourth-order valence-corrected chi connectivity index (χ4v) is 5.89. The van der Waals surface area contributed by atoms with Gasteiger partial charge >= 0.3 is 0 Å². The Morgan fingerprint density at radius 2 is 1.69 bits per heavy atom. The van der Waals surface area contributed by atoms with E-state index in [1.165, 1.54) is 12.8 Å². The second-order valence-corrected chi connectivity index (χ2v) is 10.5. The molecule has 172 valence electrons. The summed E-state index contributed by atoms with van der Waals surface area (Å²) < 4.78 is 28.4. The van der Waals surface area contributed by atoms with E-state index in [1.807, 2.05) is 31.2 Å². The molecule has 1 aromatic carbocycles. The van der Waals surface area contributed by atoms with Gasteiger partial charge in [0, 0.05) is 56.0 Å². The van der Waals surface area contributed by atoms with Gasteiger partial charge in [0.05, 0.1) is 0 Å². The molecule has 1 unspecified atom stereocenters. The zero-order valence-electron chi connectivity index (χ0n) is 18.3. The molecule has 0 amide bonds. The van der Waals surface area contributed by atoms with Gasteiger partial charge in [-0.25, -0.2) is 13.8 Å². The van der Waals surface area contributed by atoms with Crippen molar-refractivity contribution < 1.29 is 13.6 Å². The largest absolute Gasteiger partial charge is 0.371 e. The van der Waals surface area contributed by atoms with Crippen LogP contribution in [0.3, 0.4) is 0 Å². The Hall–Kier alpha value is -1.80. The number of para-hydroxylation sites is 1. The van der Waals surface area contributed by atoms with Crippen LogP contribution < -0.4 is 10.2 Å². The fraction of sp³-hybridized carbons (Fsp3) is 0.583. The van der Waals surface area contributed by atoms with Gasteiger partial charge in [-0.15, -0.1) is 0 Å². The van der Waals surface area contributed by atoms with Crippen LogP contribution in [0.1, 0.15) is 55.8 Å². The lowest BCUT2D eigenvalue weighted by Crippen LogP contribution is -2.65. The molecule has 3 heterocycles. The van der Waals surface area contributed by atoms with E-state index in [9.17, 15) is 13.6 Å². The Bertz CT molecular complexity index is 970. The number of halogens is 3. The van der Waals surface area contributed by atoms with Crippen LogP contribution in [0, 0.1) is 5.41 Å². The van der Waals surface area contributed by atoms with Gasteiger partial charge in [-0.1, -0.05) is 12.1 Å². The van der Waals surface area contributed by atoms with Gasteiger partial charge < -0.3 is 10.2 Å². The molecule has 1 saturated carbocycles. The molecular weight excluding hydrogens is 478 g/mol. The first-order valence-corrected chi connectivity index (χ1v) is 12.2. The highest BCUT2D eigenvalue weighted by atomic mass is 79.9. The Morgan fingerprint density at radius 1 is 1.03 bits per heavy atom. The molecule has 3 fully saturated rings. The smallest absolute Gasteiger partial charge is 0.253 e. The summed E-state index contributed by atoms with van der Waals surface area (Å²) in [6.07, 6.45) is 6.20. The Morgan fingerprint density at radius 3 is 2.31 bits per heavy atom. The third-order valence-electron chi connectivity index (χ3n) is 7.52. The Balaban J connectivity index is 1.49. The van der Waals surface area contributed by atoms with Gasteiger partial charge in [0.2, 0.25) is 5.78 Å². The summed E-state index contributed by atoms with van der Waals surface area (Å²) in [6, 6.07) is 7.67. The topological polar surface area (TPSA) is 47.9 Å². The van der Waals surface area contributed by atoms with E-state index in [4.69, 9.17) is 4.99 Å². The highest BCUT2D eigenvalue weighted by Gasteiger charge is 2.51. The molecule has 5 rings (SSSR count). The van der Waals surface area contributed by atoms with E-state index in [0.717, 1.165) is 37.3 Å². The molecule has 4 aliphatic rings. The van der Waals surface area contributed by atoms with Crippen molar-refractivity contribution in [2.75, 3.05) is 31.1 Å². The summed E-state index contributed by atoms with van der Waals surface area (Å²) >= 11 is 3.44. The zero-order chi connectivity index (χ0) is 22.6. The average molecular weight is 507 g/mol. The molecule has 8 heteroatoms. The number of carbonyl (C=O) groups excluding carboxylic acids is 1. The molecular formula is C24H29BrF2N4O. The molecule has 1 N–H and O–H groups in total. The second kappa shape index (κ2) is 7.90. The van der Waals surface area contributed by atoms with Crippen LogP contribution in [0.15, 0.2) is 41.0 Å². The van der Waals surface area contributed by atoms with Gasteiger partial charge in [0.15, 0.2) is 0 Å². The number of aliphatic imine (C=N–C) groups is 1. The van der Waals surface area contributed by atoms with Crippen LogP contribution in [-0.2, 0) is 0 Å². The van der Waals surface area contributed by atoms with E-state index < -0.39 is 11.7 Å². The van der Waals surface area contributed by atoms with Gasteiger partial charge in [-0.2, -0.15) is 0 Å². The van der Waals surface area contributed by atoms with Crippen LogP contribution in [0.5, 0.6) is 0 Å². The highest BCUT2D eigenvalue weighted by Crippen LogP contribution is 2.54. The average Bonchev–Trinajstić information content (AvgIpc) is 3.51. The van der Waals surface area contributed by atoms with Crippen molar-refractivity contribution in [2.24, 2.45) is 10.4 Å². The van der Waals surface area contributed by atoms with Gasteiger partial charge in [-0.3, -0.25) is 9.69 Å². The third kappa shape index (κ3) is 4.00. The molecule has 3 aliphatic heterocycles. The number of nitrogens with one attached hydrogen (secondary N) is 1. The van der Waals surface area contributed by atoms with E-state index in [-0.39, 0.29) is 31.7 Å². The molecule has 0 radical (unpaired) electrons. The second-order valence-electron chi connectivity index (χ2n) is 9.74. The summed E-state index contributed by atoms with van der Waals surface area (Å²) in [7, 11) is 0. The fourth-order valence-electron chi connectivity index (χ4n) is 5.29. The molecule has 32 heavy (non-hydrogen) atoms. The van der Waals surface area contributed by atoms with Gasteiger partial charge in [0.25, 0.3) is 11.7 Å². The van der Waals surface area contributed by atoms with Crippen LogP contribution >= 0.6 is 15.9 Å². The summed E-state index contributed by atoms with van der Waals surface area (Å²) in [5, 5.41) is 3.27. The van der Waals surface area contributed by atoms with E-state index in [0.29, 0.717) is 15.6 Å². The third-order valence-corrected chi connectivity index (χ3v) is 7.92. The first kappa shape index (κ1) is 22.0. The maximum atomic E-state index is 14.2. The predicted molar refractivity (Wildman–Crippen MR) is 126 cm³/mol. The van der Waals surface area contributed by atoms with Crippen molar-refractivity contribution in [1.82, 2.24) is 10.2 Å². The lowest BCUT2D eigenvalue weighted by Gasteiger charge is -2.45. The van der Waals surface area contributed by atoms with Crippen LogP contribution in [-0.4, -0.2) is 53.2 Å². The van der Waals surface area contributed by atoms with E-state index in [2.05, 4.69) is 26.1 Å². The van der Waals surface area contributed by atoms with E-state index in [1.54, 1.807) is 11.0 Å². The quantitative estimate of drug-likeness (QED) is 0.587. The number of benzene rings is 1. The van der Waals surface area contributed by atoms with Crippen LogP contribution in [0.2, 0.25) is 0 Å². The molecule has 5 nitrogen and oxygen atoms in total. The minimum absolute atomic E-state index is 0.0944. The maximum absolute atomic E-state index is 14.2. The number of rotatable bonds is 4. The first-order chi connectivity index (χ1) is 15.2. The minimum atomic E-state index is -2.70. The summed E-state index contributed by atoms with van der Waals surface area (Å²) in [6.45, 7) is 3.93. The summed E-state index contributed by atoms with van der Waals surface area (Å²) in [4.78, 5) is 23.0. The van der Waals surface area contributed by atoms with Crippen molar-refractivity contribution in [3.8, 4) is 0 Å². The lowest BCUT2D eigenvalue weighted by molar-refractivity contribution is -0.0760. The number of likely N-dealkylation sites (tertiary alicyclic amines) is 1. The van der Waals surface area contributed by atoms with Crippen molar-refractivity contribution in [3.63, 3.8) is 0 Å². The normalized spacial score (nSPS) is 29.2. The monoisotopic (exact) mass is 506 g/mol. The number of nitrogens with zero attached hydrogens (tertiary/aromatic N) is 3. The minimum Gasteiger partial charge on any atom is -0.371 e. The molecule has 2 saturated heterocycles. The Labute approximate surface area is 196 Å². The summed E-state index contributed by atoms with van der Waals surface area (Å²) in [5.74, 6) is -4.34. The predicted octanol–water partition coefficient (Wildman–Crippen LogP) is 4.94. The van der Waals surface area contributed by atoms with Gasteiger partial charge in [0.1, 0.15) is 4.62 Å². The summed E-state index contributed by atoms with van der Waals surface area (Å²) in [5.41, 5.74) is 2.80. The zero-order valence-corrected chi connectivity index (χ0v) is 19.9. The van der Waals surface area contributed by atoms with Crippen LogP contribution in [0.4, 0.5) is 14.5 Å². The van der Waals surface area contributed by atoms with Crippen LogP contribution in [0.25, 0.3) is 0 Å². The van der Waals surface area contributed by atoms with Gasteiger partial charge in [-0.05, 0) is 72.2 Å². The highest BCUT2D eigenvalue weighted by molar-refractivity contribution is 9.18. The van der Waals surface area contributed by atoms with Crippen molar-refractivity contribution in [1.29, 1.82) is 0 Å². The molecule has 0 bridgehead atoms. The number of piperidine rings is 2. The standard InChI is InChI=1S/C24H29BrF2N4O/c1-17-16-20(25)29-24(28-17,31-14-10-23(26,27)11-15-31)21(32)18-4-2-3-5-19(18)30-12-8-22(6-7-22)9-13-30/h2-5,16,28H,6-15H2,1H3. The Kier molecular flexibility index (Phi) is 5.44. The SMILES string of the molecule is CC1=CC(Br)=NC(C(=O)c2ccccc2N2CCC3(CC2)CC3)(N2CCC(F)(F)CC2)N1. The molecule has 1 spiro atoms. The first-order valence-electron chi connectivity index (χ1n) is 11.5. The number of Topliss-reactive ketones (excluding diaryl/α,β-unsaturated/α-hetero) is 1. The number of carbonyl (C=O) groups is 1. The number of hydrogen-bond donors (Lipinski definition) is 1. The molecule has 0 aromatic heterocycles. The number of ketones is 1. The molecule has 1 aliphatic carbocycles. The number of hydrogen-bond acceptors (Lipinski definition) is 5.